The molecule has 1 heterocycles. The summed E-state index contributed by atoms with van der Waals surface area (Å²) in [4.78, 5) is 18.1. The van der Waals surface area contributed by atoms with E-state index in [1.165, 1.54) is 65.3 Å². The molecule has 8 nitrogen and oxygen atoms in total. The third-order valence-corrected chi connectivity index (χ3v) is 8.73. The van der Waals surface area contributed by atoms with Gasteiger partial charge in [0.15, 0.2) is 4.80 Å². The van der Waals surface area contributed by atoms with E-state index >= 15 is 0 Å². The van der Waals surface area contributed by atoms with Crippen LogP contribution >= 0.6 is 11.3 Å². The third-order valence-electron chi connectivity index (χ3n) is 5.77. The fraction of sp³-hybridized carbons (Fsp3) is 0.440. The van der Waals surface area contributed by atoms with Crippen molar-refractivity contribution < 1.29 is 22.7 Å². The molecular formula is C25H33N3O5S2. The average molecular weight is 520 g/mol. The summed E-state index contributed by atoms with van der Waals surface area (Å²) in [5.41, 5.74) is 3.79. The van der Waals surface area contributed by atoms with E-state index in [0.29, 0.717) is 10.4 Å². The molecule has 0 aliphatic carbocycles. The molecule has 190 valence electrons. The summed E-state index contributed by atoms with van der Waals surface area (Å²) in [7, 11) is -0.713. The van der Waals surface area contributed by atoms with Crippen molar-refractivity contribution in [2.45, 2.75) is 38.6 Å². The molecule has 3 rings (SSSR count). The number of methoxy groups -OCH3 is 2. The van der Waals surface area contributed by atoms with Crippen LogP contribution in [0.2, 0.25) is 0 Å². The van der Waals surface area contributed by atoms with E-state index < -0.39 is 15.9 Å². The normalized spacial score (nSPS) is 12.7. The molecule has 0 aliphatic heterocycles. The number of rotatable bonds is 11. The van der Waals surface area contributed by atoms with E-state index in [1.54, 1.807) is 0 Å². The van der Waals surface area contributed by atoms with Crippen molar-refractivity contribution >= 4 is 37.5 Å². The Bertz CT molecular complexity index is 1330. The van der Waals surface area contributed by atoms with Crippen LogP contribution in [0.5, 0.6) is 0 Å². The highest BCUT2D eigenvalue weighted by Gasteiger charge is 2.24. The number of hydrogen-bond acceptors (Lipinski definition) is 6. The van der Waals surface area contributed by atoms with Crippen LogP contribution in [0.1, 0.15) is 34.8 Å². The van der Waals surface area contributed by atoms with Crippen LogP contribution in [0.4, 0.5) is 0 Å². The van der Waals surface area contributed by atoms with Crippen molar-refractivity contribution in [1.82, 2.24) is 8.87 Å². The number of thiazole rings is 1. The number of hydrogen-bond donors (Lipinski definition) is 0. The molecule has 0 bridgehead atoms. The van der Waals surface area contributed by atoms with Crippen LogP contribution in [0.3, 0.4) is 0 Å². The minimum atomic E-state index is -3.76. The van der Waals surface area contributed by atoms with Crippen molar-refractivity contribution in [2.24, 2.45) is 4.99 Å². The highest BCUT2D eigenvalue weighted by Crippen LogP contribution is 2.22. The predicted molar refractivity (Wildman–Crippen MR) is 138 cm³/mol. The lowest BCUT2D eigenvalue weighted by molar-refractivity contribution is 0.0997. The Kier molecular flexibility index (Phi) is 9.37. The molecule has 2 aromatic carbocycles. The molecule has 35 heavy (non-hydrogen) atoms. The van der Waals surface area contributed by atoms with Gasteiger partial charge in [-0.3, -0.25) is 4.79 Å². The highest BCUT2D eigenvalue weighted by molar-refractivity contribution is 7.89. The number of sulfonamides is 1. The smallest absolute Gasteiger partial charge is 0.279 e. The van der Waals surface area contributed by atoms with Crippen LogP contribution in [0.15, 0.2) is 46.3 Å². The van der Waals surface area contributed by atoms with E-state index in [9.17, 15) is 13.2 Å². The average Bonchev–Trinajstić information content (AvgIpc) is 3.15. The summed E-state index contributed by atoms with van der Waals surface area (Å²) >= 11 is 1.49. The molecule has 10 heteroatoms. The van der Waals surface area contributed by atoms with Gasteiger partial charge in [0, 0.05) is 39.4 Å². The van der Waals surface area contributed by atoms with E-state index in [1.807, 2.05) is 0 Å². The number of aromatic nitrogens is 1. The highest BCUT2D eigenvalue weighted by atomic mass is 32.2. The summed E-state index contributed by atoms with van der Waals surface area (Å²) in [5.74, 6) is -0.408. The first-order valence-electron chi connectivity index (χ1n) is 11.5. The Balaban J connectivity index is 1.93. The predicted octanol–water partition coefficient (Wildman–Crippen LogP) is 3.75. The fourth-order valence-electron chi connectivity index (χ4n) is 3.65. The molecule has 0 atom stereocenters. The second-order valence-corrected chi connectivity index (χ2v) is 11.2. The lowest BCUT2D eigenvalue weighted by Gasteiger charge is -2.21. The molecule has 1 aromatic heterocycles. The molecule has 3 aromatic rings. The van der Waals surface area contributed by atoms with Gasteiger partial charge in [0.1, 0.15) is 0 Å². The van der Waals surface area contributed by atoms with Crippen LogP contribution in [0, 0.1) is 13.8 Å². The standard InChI is InChI=1S/C25H33N3O5S2/c1-6-11-28-22-16-18(2)19(3)17-23(22)34-25(28)26-24(29)20-7-9-21(10-8-20)35(30,31)27(12-14-32-4)13-15-33-5/h7-10,16-17H,6,11-15H2,1-5H3. The number of nitrogens with zero attached hydrogens (tertiary/aromatic N) is 3. The van der Waals surface area contributed by atoms with Crippen molar-refractivity contribution in [3.05, 3.63) is 57.9 Å². The van der Waals surface area contributed by atoms with Crippen LogP contribution < -0.4 is 4.80 Å². The number of fused-ring (bicyclic) bond motifs is 1. The molecule has 0 N–H and O–H groups in total. The molecule has 0 aliphatic rings. The van der Waals surface area contributed by atoms with Crippen molar-refractivity contribution in [3.8, 4) is 0 Å². The maximum Gasteiger partial charge on any atom is 0.279 e. The zero-order chi connectivity index (χ0) is 25.6. The van der Waals surface area contributed by atoms with Gasteiger partial charge in [0.2, 0.25) is 10.0 Å². The number of benzene rings is 2. The van der Waals surface area contributed by atoms with Gasteiger partial charge >= 0.3 is 0 Å². The van der Waals surface area contributed by atoms with Gasteiger partial charge in [0.05, 0.1) is 28.3 Å². The van der Waals surface area contributed by atoms with Crippen LogP contribution in [-0.4, -0.2) is 63.7 Å². The zero-order valence-corrected chi connectivity index (χ0v) is 22.5. The van der Waals surface area contributed by atoms with Gasteiger partial charge in [0.25, 0.3) is 5.91 Å². The minimum absolute atomic E-state index is 0.107. The van der Waals surface area contributed by atoms with Gasteiger partial charge in [-0.2, -0.15) is 9.30 Å². The Morgan fingerprint density at radius 1 is 1.03 bits per heavy atom. The maximum atomic E-state index is 13.1. The zero-order valence-electron chi connectivity index (χ0n) is 20.9. The second-order valence-electron chi connectivity index (χ2n) is 8.27. The first-order chi connectivity index (χ1) is 16.7. The maximum absolute atomic E-state index is 13.1. The molecule has 0 unspecified atom stereocenters. The van der Waals surface area contributed by atoms with Crippen LogP contribution in [0.25, 0.3) is 10.2 Å². The summed E-state index contributed by atoms with van der Waals surface area (Å²) < 4.78 is 40.8. The summed E-state index contributed by atoms with van der Waals surface area (Å²) in [6.07, 6.45) is 0.912. The Morgan fingerprint density at radius 3 is 2.20 bits per heavy atom. The summed E-state index contributed by atoms with van der Waals surface area (Å²) in [6, 6.07) is 10.2. The Hall–Kier alpha value is -2.37. The second kappa shape index (κ2) is 12.0. The largest absolute Gasteiger partial charge is 0.383 e. The van der Waals surface area contributed by atoms with Crippen molar-refractivity contribution in [1.29, 1.82) is 0 Å². The number of carbonyl (C=O) groups is 1. The number of carbonyl (C=O) groups excluding carboxylic acids is 1. The van der Waals surface area contributed by atoms with E-state index in [2.05, 4.69) is 42.5 Å². The van der Waals surface area contributed by atoms with Gasteiger partial charge in [-0.25, -0.2) is 8.42 Å². The molecular weight excluding hydrogens is 486 g/mol. The topological polar surface area (TPSA) is 90.2 Å². The van der Waals surface area contributed by atoms with Gasteiger partial charge in [-0.1, -0.05) is 18.3 Å². The molecule has 0 saturated carbocycles. The van der Waals surface area contributed by atoms with Crippen molar-refractivity contribution in [2.75, 3.05) is 40.5 Å². The summed E-state index contributed by atoms with van der Waals surface area (Å²) in [5, 5.41) is 0. The van der Waals surface area contributed by atoms with Gasteiger partial charge < -0.3 is 14.0 Å². The number of aryl methyl sites for hydroxylation is 3. The molecule has 0 radical (unpaired) electrons. The SMILES string of the molecule is CCCn1c(=NC(=O)c2ccc(S(=O)(=O)N(CCOC)CCOC)cc2)sc2cc(C)c(C)cc21. The lowest BCUT2D eigenvalue weighted by Crippen LogP contribution is -2.36. The van der Waals surface area contributed by atoms with Gasteiger partial charge in [-0.05, 0) is 67.8 Å². The Morgan fingerprint density at radius 2 is 1.63 bits per heavy atom. The minimum Gasteiger partial charge on any atom is -0.383 e. The summed E-state index contributed by atoms with van der Waals surface area (Å²) in [6.45, 7) is 7.94. The lowest BCUT2D eigenvalue weighted by atomic mass is 10.1. The molecule has 1 amide bonds. The Labute approximate surface area is 210 Å². The first-order valence-corrected chi connectivity index (χ1v) is 13.8. The van der Waals surface area contributed by atoms with Gasteiger partial charge in [-0.15, -0.1) is 0 Å². The fourth-order valence-corrected chi connectivity index (χ4v) is 6.20. The monoisotopic (exact) mass is 519 g/mol. The number of amides is 1. The van der Waals surface area contributed by atoms with E-state index in [4.69, 9.17) is 9.47 Å². The van der Waals surface area contributed by atoms with E-state index in [-0.39, 0.29) is 31.2 Å². The molecule has 0 fully saturated rings. The molecule has 0 spiro atoms. The van der Waals surface area contributed by atoms with E-state index in [0.717, 1.165) is 23.2 Å². The number of ether oxygens (including phenoxy) is 2. The first kappa shape index (κ1) is 27.2. The van der Waals surface area contributed by atoms with Crippen molar-refractivity contribution in [3.63, 3.8) is 0 Å². The quantitative estimate of drug-likeness (QED) is 0.385. The molecule has 0 saturated heterocycles. The van der Waals surface area contributed by atoms with Crippen LogP contribution in [-0.2, 0) is 26.0 Å². The third kappa shape index (κ3) is 6.25.